The van der Waals surface area contributed by atoms with Crippen LogP contribution in [-0.2, 0) is 11.3 Å². The zero-order chi connectivity index (χ0) is 20.1. The predicted octanol–water partition coefficient (Wildman–Crippen LogP) is 3.59. The van der Waals surface area contributed by atoms with Gasteiger partial charge in [0.2, 0.25) is 0 Å². The number of rotatable bonds is 5. The molecule has 1 heterocycles. The van der Waals surface area contributed by atoms with Crippen molar-refractivity contribution in [2.24, 2.45) is 0 Å². The molecule has 1 aromatic heterocycles. The number of benzene rings is 2. The molecule has 0 atom stereocenters. The van der Waals surface area contributed by atoms with E-state index >= 15 is 0 Å². The average molecular weight is 397 g/mol. The van der Waals surface area contributed by atoms with E-state index in [-0.39, 0.29) is 18.0 Å². The highest BCUT2D eigenvalue weighted by molar-refractivity contribution is 6.31. The highest BCUT2D eigenvalue weighted by atomic mass is 35.5. The molecule has 0 spiro atoms. The second-order valence-electron chi connectivity index (χ2n) is 6.00. The lowest BCUT2D eigenvalue weighted by molar-refractivity contribution is 0.0600. The fourth-order valence-electron chi connectivity index (χ4n) is 2.61. The van der Waals surface area contributed by atoms with Crippen LogP contribution in [0.4, 0.5) is 5.69 Å². The summed E-state index contributed by atoms with van der Waals surface area (Å²) in [4.78, 5) is 36.1. The van der Waals surface area contributed by atoms with Crippen molar-refractivity contribution >= 4 is 29.2 Å². The van der Waals surface area contributed by atoms with Crippen LogP contribution >= 0.6 is 11.6 Å². The standard InChI is InChI=1S/C21H17ClN2O4/c1-28-21(27)14-6-9-17(10-7-14)23-20(26)16-8-11-19(25)24(13-16)12-15-4-2-3-5-18(15)22/h2-11,13H,12H2,1H3,(H,23,26). The van der Waals surface area contributed by atoms with Gasteiger partial charge < -0.3 is 14.6 Å². The Balaban J connectivity index is 1.78. The fourth-order valence-corrected chi connectivity index (χ4v) is 2.81. The zero-order valence-electron chi connectivity index (χ0n) is 15.0. The van der Waals surface area contributed by atoms with E-state index in [4.69, 9.17) is 11.6 Å². The van der Waals surface area contributed by atoms with Crippen molar-refractivity contribution in [2.45, 2.75) is 6.54 Å². The van der Waals surface area contributed by atoms with E-state index in [1.807, 2.05) is 18.2 Å². The van der Waals surface area contributed by atoms with E-state index in [0.29, 0.717) is 21.8 Å². The number of esters is 1. The van der Waals surface area contributed by atoms with Gasteiger partial charge in [0, 0.05) is 23.0 Å². The van der Waals surface area contributed by atoms with Gasteiger partial charge in [-0.15, -0.1) is 0 Å². The number of halogens is 1. The molecule has 28 heavy (non-hydrogen) atoms. The highest BCUT2D eigenvalue weighted by Crippen LogP contribution is 2.16. The normalized spacial score (nSPS) is 10.4. The number of ether oxygens (including phenoxy) is 1. The van der Waals surface area contributed by atoms with E-state index < -0.39 is 5.97 Å². The Morgan fingerprint density at radius 1 is 1.00 bits per heavy atom. The molecule has 0 bridgehead atoms. The van der Waals surface area contributed by atoms with Crippen molar-refractivity contribution in [2.75, 3.05) is 12.4 Å². The van der Waals surface area contributed by atoms with Crippen LogP contribution in [0.5, 0.6) is 0 Å². The number of carbonyl (C=O) groups is 2. The van der Waals surface area contributed by atoms with Crippen LogP contribution in [0.1, 0.15) is 26.3 Å². The Kier molecular flexibility index (Phi) is 5.91. The van der Waals surface area contributed by atoms with Crippen LogP contribution in [0.25, 0.3) is 0 Å². The number of hydrogen-bond donors (Lipinski definition) is 1. The lowest BCUT2D eigenvalue weighted by Gasteiger charge is -2.10. The number of carbonyl (C=O) groups excluding carboxylic acids is 2. The first-order chi connectivity index (χ1) is 13.5. The van der Waals surface area contributed by atoms with Crippen LogP contribution < -0.4 is 10.9 Å². The van der Waals surface area contributed by atoms with E-state index in [1.165, 1.54) is 30.0 Å². The lowest BCUT2D eigenvalue weighted by atomic mass is 10.2. The van der Waals surface area contributed by atoms with Crippen LogP contribution in [0, 0.1) is 0 Å². The van der Waals surface area contributed by atoms with Gasteiger partial charge in [-0.1, -0.05) is 29.8 Å². The molecule has 0 saturated carbocycles. The van der Waals surface area contributed by atoms with Crippen molar-refractivity contribution in [3.63, 3.8) is 0 Å². The smallest absolute Gasteiger partial charge is 0.337 e. The molecule has 1 amide bonds. The van der Waals surface area contributed by atoms with Gasteiger partial charge in [-0.2, -0.15) is 0 Å². The Morgan fingerprint density at radius 3 is 2.36 bits per heavy atom. The SMILES string of the molecule is COC(=O)c1ccc(NC(=O)c2ccc(=O)n(Cc3ccccc3Cl)c2)cc1. The number of anilines is 1. The van der Waals surface area contributed by atoms with E-state index in [0.717, 1.165) is 5.56 Å². The second-order valence-corrected chi connectivity index (χ2v) is 6.41. The first-order valence-corrected chi connectivity index (χ1v) is 8.79. The van der Waals surface area contributed by atoms with Crippen LogP contribution in [-0.4, -0.2) is 23.6 Å². The molecule has 0 aliphatic heterocycles. The van der Waals surface area contributed by atoms with Gasteiger partial charge in [-0.3, -0.25) is 9.59 Å². The Hall–Kier alpha value is -3.38. The molecule has 0 aliphatic carbocycles. The molecular weight excluding hydrogens is 380 g/mol. The summed E-state index contributed by atoms with van der Waals surface area (Å²) < 4.78 is 6.07. The summed E-state index contributed by atoms with van der Waals surface area (Å²) in [6, 6.07) is 16.3. The first-order valence-electron chi connectivity index (χ1n) is 8.41. The van der Waals surface area contributed by atoms with Gasteiger partial charge in [0.25, 0.3) is 11.5 Å². The molecule has 0 saturated heterocycles. The Bertz CT molecular complexity index is 1070. The molecule has 1 N–H and O–H groups in total. The van der Waals surface area contributed by atoms with Gasteiger partial charge in [-0.05, 0) is 42.0 Å². The third kappa shape index (κ3) is 4.47. The third-order valence-electron chi connectivity index (χ3n) is 4.11. The number of pyridine rings is 1. The molecule has 0 fully saturated rings. The summed E-state index contributed by atoms with van der Waals surface area (Å²) in [6.07, 6.45) is 1.49. The lowest BCUT2D eigenvalue weighted by Crippen LogP contribution is -2.22. The quantitative estimate of drug-likeness (QED) is 0.668. The van der Waals surface area contributed by atoms with Crippen molar-refractivity contribution < 1.29 is 14.3 Å². The minimum Gasteiger partial charge on any atom is -0.465 e. The van der Waals surface area contributed by atoms with Crippen molar-refractivity contribution in [1.29, 1.82) is 0 Å². The average Bonchev–Trinajstić information content (AvgIpc) is 2.71. The van der Waals surface area contributed by atoms with Crippen LogP contribution in [0.3, 0.4) is 0 Å². The number of aromatic nitrogens is 1. The molecule has 0 aliphatic rings. The van der Waals surface area contributed by atoms with Gasteiger partial charge in [0.15, 0.2) is 0 Å². The van der Waals surface area contributed by atoms with Crippen LogP contribution in [0.15, 0.2) is 71.7 Å². The van der Waals surface area contributed by atoms with Crippen LogP contribution in [0.2, 0.25) is 5.02 Å². The van der Waals surface area contributed by atoms with E-state index in [9.17, 15) is 14.4 Å². The predicted molar refractivity (Wildman–Crippen MR) is 107 cm³/mol. The van der Waals surface area contributed by atoms with Crippen molar-refractivity contribution in [3.05, 3.63) is 98.9 Å². The summed E-state index contributed by atoms with van der Waals surface area (Å²) in [5.41, 5.74) is 1.76. The minimum absolute atomic E-state index is 0.237. The number of hydrogen-bond acceptors (Lipinski definition) is 4. The molecule has 142 valence electrons. The molecule has 2 aromatic carbocycles. The number of amides is 1. The Labute approximate surface area is 166 Å². The minimum atomic E-state index is -0.454. The van der Waals surface area contributed by atoms with Crippen molar-refractivity contribution in [3.8, 4) is 0 Å². The highest BCUT2D eigenvalue weighted by Gasteiger charge is 2.10. The third-order valence-corrected chi connectivity index (χ3v) is 4.48. The molecule has 0 radical (unpaired) electrons. The fraction of sp³-hybridized carbons (Fsp3) is 0.0952. The van der Waals surface area contributed by atoms with Gasteiger partial charge in [0.05, 0.1) is 24.8 Å². The summed E-state index contributed by atoms with van der Waals surface area (Å²) in [6.45, 7) is 0.257. The molecule has 3 aromatic rings. The maximum Gasteiger partial charge on any atom is 0.337 e. The molecule has 3 rings (SSSR count). The molecule has 7 heteroatoms. The zero-order valence-corrected chi connectivity index (χ0v) is 15.8. The summed E-state index contributed by atoms with van der Waals surface area (Å²) in [7, 11) is 1.30. The Morgan fingerprint density at radius 2 is 1.68 bits per heavy atom. The van der Waals surface area contributed by atoms with Crippen molar-refractivity contribution in [1.82, 2.24) is 4.57 Å². The summed E-state index contributed by atoms with van der Waals surface area (Å²) in [5.74, 6) is -0.830. The topological polar surface area (TPSA) is 77.4 Å². The number of nitrogens with one attached hydrogen (secondary N) is 1. The van der Waals surface area contributed by atoms with Gasteiger partial charge in [-0.25, -0.2) is 4.79 Å². The molecule has 6 nitrogen and oxygen atoms in total. The molecule has 0 unspecified atom stereocenters. The maximum atomic E-state index is 12.5. The monoisotopic (exact) mass is 396 g/mol. The number of nitrogens with zero attached hydrogens (tertiary/aromatic N) is 1. The van der Waals surface area contributed by atoms with Gasteiger partial charge >= 0.3 is 5.97 Å². The first kappa shape index (κ1) is 19.4. The maximum absolute atomic E-state index is 12.5. The van der Waals surface area contributed by atoms with Gasteiger partial charge in [0.1, 0.15) is 0 Å². The summed E-state index contributed by atoms with van der Waals surface area (Å²) >= 11 is 6.15. The molecular formula is C21H17ClN2O4. The van der Waals surface area contributed by atoms with E-state index in [2.05, 4.69) is 10.1 Å². The summed E-state index contributed by atoms with van der Waals surface area (Å²) in [5, 5.41) is 3.28. The van der Waals surface area contributed by atoms with E-state index in [1.54, 1.807) is 30.3 Å². The largest absolute Gasteiger partial charge is 0.465 e. The second kappa shape index (κ2) is 8.54. The number of methoxy groups -OCH3 is 1.